The number of rotatable bonds is 6. The molecule has 2 N–H and O–H groups in total. The molecule has 1 heterocycles. The fraction of sp³-hybridized carbons (Fsp3) is 0.250. The van der Waals surface area contributed by atoms with Gasteiger partial charge in [0, 0.05) is 17.8 Å². The van der Waals surface area contributed by atoms with Crippen LogP contribution in [0.1, 0.15) is 23.2 Å². The molecule has 3 rings (SSSR count). The average Bonchev–Trinajstić information content (AvgIpc) is 3.15. The minimum absolute atomic E-state index is 0.152. The van der Waals surface area contributed by atoms with E-state index in [1.165, 1.54) is 12.4 Å². The Kier molecular flexibility index (Phi) is 3.92. The highest BCUT2D eigenvalue weighted by Gasteiger charge is 2.45. The van der Waals surface area contributed by atoms with Gasteiger partial charge in [0.05, 0.1) is 5.54 Å². The van der Waals surface area contributed by atoms with Crippen LogP contribution in [0.3, 0.4) is 0 Å². The highest BCUT2D eigenvalue weighted by molar-refractivity contribution is 6.00. The Hall–Kier alpha value is -2.96. The molecule has 0 saturated heterocycles. The smallest absolute Gasteiger partial charge is 0.251 e. The summed E-state index contributed by atoms with van der Waals surface area (Å²) in [7, 11) is 0. The third-order valence-electron chi connectivity index (χ3n) is 3.89. The van der Waals surface area contributed by atoms with E-state index in [0.717, 1.165) is 12.8 Å². The Morgan fingerprint density at radius 1 is 1.39 bits per heavy atom. The third kappa shape index (κ3) is 3.28. The Morgan fingerprint density at radius 3 is 2.87 bits per heavy atom. The van der Waals surface area contributed by atoms with Crippen molar-refractivity contribution in [2.24, 2.45) is 0 Å². The van der Waals surface area contributed by atoms with E-state index in [1.54, 1.807) is 35.3 Å². The van der Waals surface area contributed by atoms with Crippen LogP contribution in [0.4, 0.5) is 5.69 Å². The molecule has 0 radical (unpaired) electrons. The minimum Gasteiger partial charge on any atom is -0.350 e. The highest BCUT2D eigenvalue weighted by Crippen LogP contribution is 2.41. The predicted molar refractivity (Wildman–Crippen MR) is 84.8 cm³/mol. The molecular formula is C16H17N5O2. The van der Waals surface area contributed by atoms with Gasteiger partial charge in [-0.15, -0.1) is 0 Å². The van der Waals surface area contributed by atoms with Crippen LogP contribution in [0.25, 0.3) is 0 Å². The fourth-order valence-corrected chi connectivity index (χ4v) is 2.36. The molecule has 2 amide bonds. The van der Waals surface area contributed by atoms with Crippen molar-refractivity contribution in [3.63, 3.8) is 0 Å². The number of nitrogens with zero attached hydrogens (tertiary/aromatic N) is 3. The molecule has 1 aliphatic carbocycles. The lowest BCUT2D eigenvalue weighted by molar-refractivity contribution is -0.111. The van der Waals surface area contributed by atoms with Crippen molar-refractivity contribution in [1.29, 1.82) is 0 Å². The molecule has 0 aliphatic heterocycles. The number of carbonyl (C=O) groups is 2. The molecule has 0 bridgehead atoms. The van der Waals surface area contributed by atoms with Gasteiger partial charge in [-0.3, -0.25) is 9.59 Å². The van der Waals surface area contributed by atoms with E-state index >= 15 is 0 Å². The third-order valence-corrected chi connectivity index (χ3v) is 3.89. The van der Waals surface area contributed by atoms with E-state index in [-0.39, 0.29) is 17.4 Å². The van der Waals surface area contributed by atoms with E-state index in [0.29, 0.717) is 17.8 Å². The molecule has 23 heavy (non-hydrogen) atoms. The van der Waals surface area contributed by atoms with Crippen molar-refractivity contribution in [2.45, 2.75) is 18.4 Å². The summed E-state index contributed by atoms with van der Waals surface area (Å²) in [5, 5.41) is 9.71. The standard InChI is InChI=1S/C16H17N5O2/c1-2-14(22)20-13-5-3-4-12(8-13)15(23)18-9-16(6-7-16)21-11-17-10-19-21/h2-5,8,10-11H,1,6-7,9H2,(H,18,23)(H,20,22). The quantitative estimate of drug-likeness (QED) is 0.788. The van der Waals surface area contributed by atoms with Gasteiger partial charge in [0.2, 0.25) is 5.91 Å². The van der Waals surface area contributed by atoms with E-state index < -0.39 is 0 Å². The molecule has 0 unspecified atom stereocenters. The summed E-state index contributed by atoms with van der Waals surface area (Å²) in [6.07, 6.45) is 6.28. The number of nitrogens with one attached hydrogen (secondary N) is 2. The molecule has 2 aromatic rings. The molecular weight excluding hydrogens is 294 g/mol. The Morgan fingerprint density at radius 2 is 2.22 bits per heavy atom. The summed E-state index contributed by atoms with van der Waals surface area (Å²) in [4.78, 5) is 27.6. The largest absolute Gasteiger partial charge is 0.350 e. The number of aromatic nitrogens is 3. The first-order chi connectivity index (χ1) is 11.1. The van der Waals surface area contributed by atoms with Crippen LogP contribution in [-0.4, -0.2) is 33.1 Å². The molecule has 0 atom stereocenters. The number of carbonyl (C=O) groups excluding carboxylic acids is 2. The van der Waals surface area contributed by atoms with E-state index in [1.807, 2.05) is 0 Å². The lowest BCUT2D eigenvalue weighted by Crippen LogP contribution is -2.35. The van der Waals surface area contributed by atoms with Gasteiger partial charge in [-0.2, -0.15) is 5.10 Å². The van der Waals surface area contributed by atoms with Crippen LogP contribution in [0.2, 0.25) is 0 Å². The van der Waals surface area contributed by atoms with Crippen molar-refractivity contribution in [3.05, 3.63) is 55.1 Å². The molecule has 1 aromatic heterocycles. The van der Waals surface area contributed by atoms with Crippen LogP contribution in [0, 0.1) is 0 Å². The summed E-state index contributed by atoms with van der Waals surface area (Å²) < 4.78 is 1.80. The van der Waals surface area contributed by atoms with Gasteiger partial charge < -0.3 is 10.6 Å². The lowest BCUT2D eigenvalue weighted by atomic mass is 10.1. The zero-order chi connectivity index (χ0) is 16.3. The second kappa shape index (κ2) is 6.04. The van der Waals surface area contributed by atoms with Gasteiger partial charge in [-0.1, -0.05) is 12.6 Å². The monoisotopic (exact) mass is 311 g/mol. The zero-order valence-corrected chi connectivity index (χ0v) is 12.5. The fourth-order valence-electron chi connectivity index (χ4n) is 2.36. The maximum atomic E-state index is 12.3. The van der Waals surface area contributed by atoms with Crippen molar-refractivity contribution in [1.82, 2.24) is 20.1 Å². The molecule has 1 aromatic carbocycles. The van der Waals surface area contributed by atoms with Gasteiger partial charge in [0.15, 0.2) is 0 Å². The maximum Gasteiger partial charge on any atom is 0.251 e. The van der Waals surface area contributed by atoms with Crippen LogP contribution >= 0.6 is 0 Å². The van der Waals surface area contributed by atoms with Crippen molar-refractivity contribution < 1.29 is 9.59 Å². The normalized spacial score (nSPS) is 14.8. The second-order valence-corrected chi connectivity index (χ2v) is 5.52. The summed E-state index contributed by atoms with van der Waals surface area (Å²) in [5.41, 5.74) is 0.891. The first kappa shape index (κ1) is 15.0. The van der Waals surface area contributed by atoms with Crippen molar-refractivity contribution >= 4 is 17.5 Å². The Bertz CT molecular complexity index is 735. The number of amides is 2. The number of hydrogen-bond acceptors (Lipinski definition) is 4. The van der Waals surface area contributed by atoms with Gasteiger partial charge in [0.1, 0.15) is 12.7 Å². The van der Waals surface area contributed by atoms with Crippen molar-refractivity contribution in [3.8, 4) is 0 Å². The first-order valence-corrected chi connectivity index (χ1v) is 7.30. The number of anilines is 1. The maximum absolute atomic E-state index is 12.3. The first-order valence-electron chi connectivity index (χ1n) is 7.30. The summed E-state index contributed by atoms with van der Waals surface area (Å²) in [5.74, 6) is -0.503. The summed E-state index contributed by atoms with van der Waals surface area (Å²) in [6.45, 7) is 3.90. The van der Waals surface area contributed by atoms with Gasteiger partial charge in [-0.05, 0) is 37.1 Å². The highest BCUT2D eigenvalue weighted by atomic mass is 16.2. The van der Waals surface area contributed by atoms with E-state index in [4.69, 9.17) is 0 Å². The molecule has 7 nitrogen and oxygen atoms in total. The van der Waals surface area contributed by atoms with Crippen LogP contribution in [-0.2, 0) is 10.3 Å². The van der Waals surface area contributed by atoms with Gasteiger partial charge in [-0.25, -0.2) is 9.67 Å². The van der Waals surface area contributed by atoms with E-state index in [2.05, 4.69) is 27.3 Å². The molecule has 1 fully saturated rings. The van der Waals surface area contributed by atoms with Crippen molar-refractivity contribution in [2.75, 3.05) is 11.9 Å². The van der Waals surface area contributed by atoms with Crippen LogP contribution in [0.5, 0.6) is 0 Å². The number of hydrogen-bond donors (Lipinski definition) is 2. The Balaban J connectivity index is 1.64. The van der Waals surface area contributed by atoms with Crippen LogP contribution in [0.15, 0.2) is 49.6 Å². The molecule has 118 valence electrons. The van der Waals surface area contributed by atoms with E-state index in [9.17, 15) is 9.59 Å². The molecule has 0 spiro atoms. The van der Waals surface area contributed by atoms with Gasteiger partial charge >= 0.3 is 0 Å². The molecule has 7 heteroatoms. The molecule has 1 aliphatic rings. The number of benzene rings is 1. The topological polar surface area (TPSA) is 88.9 Å². The summed E-state index contributed by atoms with van der Waals surface area (Å²) >= 11 is 0. The average molecular weight is 311 g/mol. The van der Waals surface area contributed by atoms with Crippen LogP contribution < -0.4 is 10.6 Å². The zero-order valence-electron chi connectivity index (χ0n) is 12.5. The summed E-state index contributed by atoms with van der Waals surface area (Å²) in [6, 6.07) is 6.77. The second-order valence-electron chi connectivity index (χ2n) is 5.52. The lowest BCUT2D eigenvalue weighted by Gasteiger charge is -2.16. The predicted octanol–water partition coefficient (Wildman–Crippen LogP) is 1.32. The SMILES string of the molecule is C=CC(=O)Nc1cccc(C(=O)NCC2(n3cncn3)CC2)c1. The minimum atomic E-state index is -0.314. The van der Waals surface area contributed by atoms with Gasteiger partial charge in [0.25, 0.3) is 5.91 Å². The Labute approximate surface area is 133 Å². The molecule has 1 saturated carbocycles.